The number of ether oxygens (including phenoxy) is 1. The van der Waals surface area contributed by atoms with Gasteiger partial charge in [0, 0.05) is 12.6 Å². The van der Waals surface area contributed by atoms with Crippen LogP contribution in [0.3, 0.4) is 0 Å². The van der Waals surface area contributed by atoms with Crippen LogP contribution in [0.25, 0.3) is 0 Å². The average molecular weight is 294 g/mol. The van der Waals surface area contributed by atoms with Crippen molar-refractivity contribution < 1.29 is 9.84 Å². The summed E-state index contributed by atoms with van der Waals surface area (Å²) in [4.78, 5) is 2.61. The van der Waals surface area contributed by atoms with E-state index in [0.29, 0.717) is 28.9 Å². The molecule has 0 bridgehead atoms. The molecule has 2 rings (SSSR count). The van der Waals surface area contributed by atoms with Gasteiger partial charge in [-0.15, -0.1) is 0 Å². The smallest absolute Gasteiger partial charge is 0.129 e. The van der Waals surface area contributed by atoms with Crippen molar-refractivity contribution in [2.45, 2.75) is 31.9 Å². The van der Waals surface area contributed by atoms with E-state index in [0.717, 1.165) is 6.54 Å². The van der Waals surface area contributed by atoms with E-state index in [1.165, 1.54) is 12.8 Å². The summed E-state index contributed by atoms with van der Waals surface area (Å²) in [5.41, 5.74) is 6.36. The van der Waals surface area contributed by atoms with Crippen LogP contribution in [0.4, 0.5) is 0 Å². The highest BCUT2D eigenvalue weighted by Crippen LogP contribution is 2.19. The van der Waals surface area contributed by atoms with Gasteiger partial charge in [0.05, 0.1) is 5.56 Å². The van der Waals surface area contributed by atoms with Crippen molar-refractivity contribution in [2.75, 3.05) is 19.7 Å². The van der Waals surface area contributed by atoms with Crippen LogP contribution in [-0.2, 0) is 0 Å². The molecule has 0 amide bonds. The number of nitrogens with two attached hydrogens (primary N) is 1. The zero-order chi connectivity index (χ0) is 14.5. The van der Waals surface area contributed by atoms with Gasteiger partial charge < -0.3 is 15.6 Å². The van der Waals surface area contributed by atoms with Crippen molar-refractivity contribution >= 4 is 17.2 Å². The van der Waals surface area contributed by atoms with E-state index >= 15 is 0 Å². The van der Waals surface area contributed by atoms with Crippen LogP contribution in [0, 0.1) is 0 Å². The number of aliphatic hydroxyl groups is 1. The second kappa shape index (κ2) is 7.02. The van der Waals surface area contributed by atoms with Gasteiger partial charge in [-0.2, -0.15) is 0 Å². The standard InChI is InChI=1S/C15H22N2O2S/c1-11-5-4-8-17(11)9-12(18)10-19-14-7-3-2-6-13(14)15(16)20/h2-3,6-7,11-12,18H,4-5,8-10H2,1H3,(H2,16,20). The lowest BCUT2D eigenvalue weighted by Gasteiger charge is -2.24. The molecule has 0 saturated carbocycles. The Morgan fingerprint density at radius 1 is 1.55 bits per heavy atom. The number of para-hydroxylation sites is 1. The highest BCUT2D eigenvalue weighted by Gasteiger charge is 2.22. The zero-order valence-corrected chi connectivity index (χ0v) is 12.6. The molecule has 5 heteroatoms. The van der Waals surface area contributed by atoms with Gasteiger partial charge in [0.25, 0.3) is 0 Å². The molecule has 1 aromatic rings. The van der Waals surface area contributed by atoms with Crippen LogP contribution in [0.5, 0.6) is 5.75 Å². The van der Waals surface area contributed by atoms with Crippen molar-refractivity contribution in [3.05, 3.63) is 29.8 Å². The number of thiocarbonyl (C=S) groups is 1. The van der Waals surface area contributed by atoms with Gasteiger partial charge in [-0.3, -0.25) is 4.90 Å². The van der Waals surface area contributed by atoms with Crippen molar-refractivity contribution in [1.29, 1.82) is 0 Å². The molecule has 1 aromatic carbocycles. The SMILES string of the molecule is CC1CCCN1CC(O)COc1ccccc1C(N)=S. The number of hydrogen-bond donors (Lipinski definition) is 2. The molecule has 20 heavy (non-hydrogen) atoms. The molecule has 1 heterocycles. The third-order valence-electron chi connectivity index (χ3n) is 3.72. The van der Waals surface area contributed by atoms with E-state index in [1.807, 2.05) is 24.3 Å². The van der Waals surface area contributed by atoms with E-state index in [4.69, 9.17) is 22.7 Å². The molecule has 3 N–H and O–H groups in total. The molecule has 0 radical (unpaired) electrons. The first-order valence-corrected chi connectivity index (χ1v) is 7.42. The highest BCUT2D eigenvalue weighted by atomic mass is 32.1. The number of β-amino-alcohol motifs (C(OH)–C–C–N with tert-alkyl or cyclic N) is 1. The lowest BCUT2D eigenvalue weighted by atomic mass is 10.2. The Morgan fingerprint density at radius 3 is 2.95 bits per heavy atom. The summed E-state index contributed by atoms with van der Waals surface area (Å²) in [7, 11) is 0. The molecule has 1 aliphatic heterocycles. The average Bonchev–Trinajstić information content (AvgIpc) is 2.82. The molecule has 1 saturated heterocycles. The largest absolute Gasteiger partial charge is 0.490 e. The van der Waals surface area contributed by atoms with Crippen LogP contribution in [-0.4, -0.2) is 46.8 Å². The Labute approximate surface area is 125 Å². The first kappa shape index (κ1) is 15.2. The van der Waals surface area contributed by atoms with Crippen LogP contribution in [0.2, 0.25) is 0 Å². The van der Waals surface area contributed by atoms with Crippen molar-refractivity contribution in [1.82, 2.24) is 4.90 Å². The fourth-order valence-corrected chi connectivity index (χ4v) is 2.74. The molecule has 1 fully saturated rings. The maximum Gasteiger partial charge on any atom is 0.129 e. The molecular formula is C15H22N2O2S. The van der Waals surface area contributed by atoms with Gasteiger partial charge in [-0.1, -0.05) is 24.4 Å². The minimum atomic E-state index is -0.505. The fraction of sp³-hybridized carbons (Fsp3) is 0.533. The second-order valence-corrected chi connectivity index (χ2v) is 5.75. The van der Waals surface area contributed by atoms with Gasteiger partial charge in [0.15, 0.2) is 0 Å². The number of nitrogens with zero attached hydrogens (tertiary/aromatic N) is 1. The van der Waals surface area contributed by atoms with E-state index in [-0.39, 0.29) is 6.61 Å². The summed E-state index contributed by atoms with van der Waals surface area (Å²) >= 11 is 4.99. The van der Waals surface area contributed by atoms with E-state index in [1.54, 1.807) is 0 Å². The Hall–Kier alpha value is -1.17. The lowest BCUT2D eigenvalue weighted by Crippen LogP contribution is -2.37. The van der Waals surface area contributed by atoms with Crippen molar-refractivity contribution in [3.8, 4) is 5.75 Å². The summed E-state index contributed by atoms with van der Waals surface area (Å²) in [5, 5.41) is 10.1. The first-order valence-electron chi connectivity index (χ1n) is 7.01. The summed E-state index contributed by atoms with van der Waals surface area (Å²) in [6.07, 6.45) is 1.91. The van der Waals surface area contributed by atoms with Gasteiger partial charge in [0.1, 0.15) is 23.4 Å². The van der Waals surface area contributed by atoms with Gasteiger partial charge in [-0.25, -0.2) is 0 Å². The Morgan fingerprint density at radius 2 is 2.30 bits per heavy atom. The molecule has 1 aliphatic rings. The van der Waals surface area contributed by atoms with Crippen LogP contribution in [0.1, 0.15) is 25.3 Å². The molecule has 4 nitrogen and oxygen atoms in total. The second-order valence-electron chi connectivity index (χ2n) is 5.31. The van der Waals surface area contributed by atoms with E-state index in [9.17, 15) is 5.11 Å². The Balaban J connectivity index is 1.87. The van der Waals surface area contributed by atoms with Crippen molar-refractivity contribution in [3.63, 3.8) is 0 Å². The molecule has 0 spiro atoms. The lowest BCUT2D eigenvalue weighted by molar-refractivity contribution is 0.0661. The fourth-order valence-electron chi connectivity index (χ4n) is 2.57. The number of aliphatic hydroxyl groups excluding tert-OH is 1. The zero-order valence-electron chi connectivity index (χ0n) is 11.8. The third kappa shape index (κ3) is 3.91. The highest BCUT2D eigenvalue weighted by molar-refractivity contribution is 7.80. The molecule has 0 aliphatic carbocycles. The predicted molar refractivity (Wildman–Crippen MR) is 84.1 cm³/mol. The minimum Gasteiger partial charge on any atom is -0.490 e. The number of hydrogen-bond acceptors (Lipinski definition) is 4. The van der Waals surface area contributed by atoms with Crippen LogP contribution in [0.15, 0.2) is 24.3 Å². The molecular weight excluding hydrogens is 272 g/mol. The van der Waals surface area contributed by atoms with E-state index in [2.05, 4.69) is 11.8 Å². The van der Waals surface area contributed by atoms with Gasteiger partial charge in [0.2, 0.25) is 0 Å². The molecule has 2 atom stereocenters. The van der Waals surface area contributed by atoms with E-state index < -0.39 is 6.10 Å². The molecule has 2 unspecified atom stereocenters. The van der Waals surface area contributed by atoms with Crippen molar-refractivity contribution in [2.24, 2.45) is 5.73 Å². The Bertz CT molecular complexity index is 467. The quantitative estimate of drug-likeness (QED) is 0.780. The van der Waals surface area contributed by atoms with Crippen LogP contribution >= 0.6 is 12.2 Å². The van der Waals surface area contributed by atoms with Gasteiger partial charge >= 0.3 is 0 Å². The molecule has 0 aromatic heterocycles. The number of benzene rings is 1. The topological polar surface area (TPSA) is 58.7 Å². The third-order valence-corrected chi connectivity index (χ3v) is 3.94. The summed E-state index contributed by atoms with van der Waals surface area (Å²) in [5.74, 6) is 0.633. The van der Waals surface area contributed by atoms with Crippen LogP contribution < -0.4 is 10.5 Å². The summed E-state index contributed by atoms with van der Waals surface area (Å²) < 4.78 is 5.66. The molecule has 110 valence electrons. The number of likely N-dealkylation sites (tertiary alicyclic amines) is 1. The maximum absolute atomic E-state index is 10.1. The monoisotopic (exact) mass is 294 g/mol. The van der Waals surface area contributed by atoms with Gasteiger partial charge in [-0.05, 0) is 38.4 Å². The minimum absolute atomic E-state index is 0.253. The summed E-state index contributed by atoms with van der Waals surface area (Å²) in [6.45, 7) is 4.16. The normalized spacial score (nSPS) is 20.8. The first-order chi connectivity index (χ1) is 9.58. The maximum atomic E-state index is 10.1. The predicted octanol–water partition coefficient (Wildman–Crippen LogP) is 1.54. The number of rotatable bonds is 6. The Kier molecular flexibility index (Phi) is 5.34. The summed E-state index contributed by atoms with van der Waals surface area (Å²) in [6, 6.07) is 7.93.